The molecule has 2 N–H and O–H groups in total. The monoisotopic (exact) mass is 452 g/mol. The largest absolute Gasteiger partial charge is 0.478 e. The average Bonchev–Trinajstić information content (AvgIpc) is 2.93. The number of fused-ring (bicyclic) bond motifs is 5. The van der Waals surface area contributed by atoms with Gasteiger partial charge in [-0.15, -0.1) is 0 Å². The van der Waals surface area contributed by atoms with E-state index in [-0.39, 0.29) is 31.3 Å². The van der Waals surface area contributed by atoms with Gasteiger partial charge in [-0.25, -0.2) is 13.6 Å². The van der Waals surface area contributed by atoms with Crippen molar-refractivity contribution in [3.05, 3.63) is 23.8 Å². The molecule has 3 saturated carbocycles. The van der Waals surface area contributed by atoms with E-state index in [1.165, 1.54) is 19.1 Å². The maximum Gasteiger partial charge on any atom is 0.349 e. The van der Waals surface area contributed by atoms with Gasteiger partial charge in [-0.1, -0.05) is 26.8 Å². The van der Waals surface area contributed by atoms with Gasteiger partial charge in [-0.3, -0.25) is 9.59 Å². The maximum absolute atomic E-state index is 17.1. The summed E-state index contributed by atoms with van der Waals surface area (Å²) < 4.78 is 38.1. The second-order valence-corrected chi connectivity index (χ2v) is 10.4. The van der Waals surface area contributed by atoms with E-state index in [4.69, 9.17) is 4.74 Å². The molecular weight excluding hydrogens is 422 g/mol. The number of esters is 1. The Balaban J connectivity index is 1.87. The Bertz CT molecular complexity index is 945. The van der Waals surface area contributed by atoms with Gasteiger partial charge in [0.2, 0.25) is 5.60 Å². The van der Waals surface area contributed by atoms with Gasteiger partial charge in [-0.2, -0.15) is 0 Å². The number of aliphatic carboxylic acids is 1. The van der Waals surface area contributed by atoms with Crippen LogP contribution in [0.2, 0.25) is 0 Å². The number of ether oxygens (including phenoxy) is 1. The van der Waals surface area contributed by atoms with E-state index in [0.717, 1.165) is 6.08 Å². The van der Waals surface area contributed by atoms with Crippen LogP contribution in [0.4, 0.5) is 8.78 Å². The van der Waals surface area contributed by atoms with E-state index in [0.29, 0.717) is 0 Å². The van der Waals surface area contributed by atoms with Gasteiger partial charge in [0, 0.05) is 29.1 Å². The van der Waals surface area contributed by atoms with Crippen LogP contribution in [0, 0.1) is 28.6 Å². The normalized spacial score (nSPS) is 49.5. The van der Waals surface area contributed by atoms with Gasteiger partial charge in [0.15, 0.2) is 11.5 Å². The molecule has 0 bridgehead atoms. The van der Waals surface area contributed by atoms with Crippen LogP contribution in [0.5, 0.6) is 0 Å². The summed E-state index contributed by atoms with van der Waals surface area (Å²) in [5.41, 5.74) is -7.07. The molecule has 0 spiro atoms. The van der Waals surface area contributed by atoms with Crippen molar-refractivity contribution in [1.82, 2.24) is 0 Å². The molecule has 3 fully saturated rings. The lowest BCUT2D eigenvalue weighted by Crippen LogP contribution is -2.71. The molecule has 176 valence electrons. The molecule has 0 saturated heterocycles. The molecule has 9 atom stereocenters. The number of alkyl halides is 2. The molecule has 0 amide bonds. The van der Waals surface area contributed by atoms with Crippen LogP contribution in [-0.4, -0.2) is 51.5 Å². The predicted molar refractivity (Wildman–Crippen MR) is 110 cm³/mol. The van der Waals surface area contributed by atoms with Crippen LogP contribution >= 0.6 is 0 Å². The molecule has 0 aromatic heterocycles. The number of hydrogen-bond donors (Lipinski definition) is 2. The van der Waals surface area contributed by atoms with Crippen molar-refractivity contribution in [1.29, 1.82) is 0 Å². The lowest BCUT2D eigenvalue weighted by atomic mass is 9.44. The highest BCUT2D eigenvalue weighted by atomic mass is 19.1. The van der Waals surface area contributed by atoms with E-state index >= 15 is 8.78 Å². The van der Waals surface area contributed by atoms with Crippen molar-refractivity contribution in [2.24, 2.45) is 28.6 Å². The number of halogens is 2. The number of aliphatic hydroxyl groups is 1. The third kappa shape index (κ3) is 2.50. The Hall–Kier alpha value is -2.09. The second kappa shape index (κ2) is 6.95. The number of carbonyl (C=O) groups is 3. The van der Waals surface area contributed by atoms with Crippen LogP contribution in [0.25, 0.3) is 0 Å². The SMILES string of the molecule is CCC(=O)O[C@]1(C(=O)O)C(C)C[C@H]2[C@@H]3C[C@H](F)C4=CC(=O)C=C[C@]4(C)C3(F)[C@@H](O)C[C@@]21C. The molecule has 2 unspecified atom stereocenters. The Labute approximate surface area is 185 Å². The maximum atomic E-state index is 17.1. The molecule has 4 rings (SSSR count). The zero-order chi connectivity index (χ0) is 23.9. The molecule has 6 nitrogen and oxygen atoms in total. The minimum absolute atomic E-state index is 0.0133. The highest BCUT2D eigenvalue weighted by molar-refractivity contribution is 6.01. The summed E-state index contributed by atoms with van der Waals surface area (Å²) in [6.45, 7) is 6.31. The molecule has 4 aliphatic carbocycles. The summed E-state index contributed by atoms with van der Waals surface area (Å²) in [6, 6.07) is 0. The van der Waals surface area contributed by atoms with Gasteiger partial charge in [0.05, 0.1) is 6.10 Å². The molecule has 0 aromatic carbocycles. The molecule has 0 aromatic rings. The van der Waals surface area contributed by atoms with Crippen molar-refractivity contribution >= 4 is 17.7 Å². The third-order valence-corrected chi connectivity index (χ3v) is 9.05. The lowest BCUT2D eigenvalue weighted by Gasteiger charge is -2.62. The second-order valence-electron chi connectivity index (χ2n) is 10.4. The number of carbonyl (C=O) groups excluding carboxylic acids is 2. The van der Waals surface area contributed by atoms with E-state index in [1.54, 1.807) is 20.8 Å². The first kappa shape index (κ1) is 23.1. The van der Waals surface area contributed by atoms with E-state index in [9.17, 15) is 24.6 Å². The minimum Gasteiger partial charge on any atom is -0.478 e. The minimum atomic E-state index is -2.30. The number of carboxylic acids is 1. The fourth-order valence-corrected chi connectivity index (χ4v) is 7.49. The third-order valence-electron chi connectivity index (χ3n) is 9.05. The summed E-state index contributed by atoms with van der Waals surface area (Å²) in [6.07, 6.45) is 0.0529. The number of aliphatic hydroxyl groups excluding tert-OH is 1. The molecule has 0 heterocycles. The van der Waals surface area contributed by atoms with Gasteiger partial charge in [0.1, 0.15) is 6.17 Å². The van der Waals surface area contributed by atoms with Crippen LogP contribution in [0.1, 0.15) is 53.4 Å². The molecule has 8 heteroatoms. The van der Waals surface area contributed by atoms with Gasteiger partial charge in [-0.05, 0) is 49.8 Å². The first-order valence-electron chi connectivity index (χ1n) is 11.2. The molecule has 0 radical (unpaired) electrons. The molecule has 0 aliphatic heterocycles. The highest BCUT2D eigenvalue weighted by Gasteiger charge is 2.78. The van der Waals surface area contributed by atoms with Crippen LogP contribution < -0.4 is 0 Å². The van der Waals surface area contributed by atoms with Crippen LogP contribution in [-0.2, 0) is 19.1 Å². The average molecular weight is 452 g/mol. The summed E-state index contributed by atoms with van der Waals surface area (Å²) >= 11 is 0. The zero-order valence-corrected chi connectivity index (χ0v) is 18.7. The van der Waals surface area contributed by atoms with E-state index < -0.39 is 69.9 Å². The van der Waals surface area contributed by atoms with Crippen molar-refractivity contribution in [2.75, 3.05) is 0 Å². The predicted octanol–water partition coefficient (Wildman–Crippen LogP) is 3.33. The Morgan fingerprint density at radius 2 is 1.91 bits per heavy atom. The number of allylic oxidation sites excluding steroid dienone is 4. The lowest BCUT2D eigenvalue weighted by molar-refractivity contribution is -0.237. The Kier molecular flexibility index (Phi) is 5.02. The summed E-state index contributed by atoms with van der Waals surface area (Å²) in [7, 11) is 0. The topological polar surface area (TPSA) is 101 Å². The first-order valence-corrected chi connectivity index (χ1v) is 11.2. The quantitative estimate of drug-likeness (QED) is 0.637. The Morgan fingerprint density at radius 1 is 1.25 bits per heavy atom. The molecule has 4 aliphatic rings. The van der Waals surface area contributed by atoms with Crippen molar-refractivity contribution < 1.29 is 38.1 Å². The summed E-state index contributed by atoms with van der Waals surface area (Å²) in [5.74, 6) is -4.78. The van der Waals surface area contributed by atoms with Crippen LogP contribution in [0.3, 0.4) is 0 Å². The first-order chi connectivity index (χ1) is 14.8. The van der Waals surface area contributed by atoms with Crippen molar-refractivity contribution in [3.8, 4) is 0 Å². The summed E-state index contributed by atoms with van der Waals surface area (Å²) in [4.78, 5) is 36.7. The number of rotatable bonds is 3. The molecular formula is C24H30F2O6. The van der Waals surface area contributed by atoms with E-state index in [2.05, 4.69) is 0 Å². The highest BCUT2D eigenvalue weighted by Crippen LogP contribution is 2.71. The number of ketones is 1. The number of carboxylic acid groups (broad SMARTS) is 1. The summed E-state index contributed by atoms with van der Waals surface area (Å²) in [5, 5.41) is 21.5. The fourth-order valence-electron chi connectivity index (χ4n) is 7.49. The standard InChI is InChI=1S/C24H30F2O6/c1-5-19(29)32-24(20(30)31)12(2)8-14-15-10-17(25)16-9-13(27)6-7-21(16,3)23(15,26)18(28)11-22(14,24)4/h6-7,9,12,14-15,17-18,28H,5,8,10-11H2,1-4H3,(H,30,31)/t12?,14-,15-,17-,18-,21-,22-,23?,24-/m0/s1. The van der Waals surface area contributed by atoms with Crippen molar-refractivity contribution in [3.63, 3.8) is 0 Å². The zero-order valence-electron chi connectivity index (χ0n) is 18.7. The van der Waals surface area contributed by atoms with Crippen molar-refractivity contribution in [2.45, 2.75) is 76.9 Å². The Morgan fingerprint density at radius 3 is 2.50 bits per heavy atom. The fraction of sp³-hybridized carbons (Fsp3) is 0.708. The van der Waals surface area contributed by atoms with Gasteiger partial charge >= 0.3 is 11.9 Å². The smallest absolute Gasteiger partial charge is 0.349 e. The molecule has 32 heavy (non-hydrogen) atoms. The van der Waals surface area contributed by atoms with Crippen LogP contribution in [0.15, 0.2) is 23.8 Å². The van der Waals surface area contributed by atoms with Gasteiger partial charge in [0.25, 0.3) is 0 Å². The van der Waals surface area contributed by atoms with E-state index in [1.807, 2.05) is 0 Å². The van der Waals surface area contributed by atoms with Gasteiger partial charge < -0.3 is 14.9 Å². The number of hydrogen-bond acceptors (Lipinski definition) is 5.